The van der Waals surface area contributed by atoms with E-state index in [0.29, 0.717) is 27.4 Å². The van der Waals surface area contributed by atoms with Gasteiger partial charge in [0.25, 0.3) is 0 Å². The number of nitrogens with two attached hydrogens (primary N) is 2. The largest absolute Gasteiger partial charge is 0.384 e. The average molecular weight is 346 g/mol. The fraction of sp³-hybridized carbons (Fsp3) is 0. The quantitative estimate of drug-likeness (QED) is 0.430. The summed E-state index contributed by atoms with van der Waals surface area (Å²) in [4.78, 5) is 0. The Hall–Kier alpha value is -2.50. The molecule has 0 radical (unpaired) electrons. The molecule has 6 N–H and O–H groups in total. The molecule has 23 heavy (non-hydrogen) atoms. The van der Waals surface area contributed by atoms with Gasteiger partial charge in [-0.15, -0.1) is 0 Å². The molecule has 1 aromatic heterocycles. The van der Waals surface area contributed by atoms with Crippen LogP contribution < -0.4 is 11.5 Å². The zero-order chi connectivity index (χ0) is 16.7. The SMILES string of the molecule is N=C(N)c1ccc(-c2c(Cl)c3ccc(C(=N)N)cc3n2Cl)cc1. The van der Waals surface area contributed by atoms with Gasteiger partial charge in [0.2, 0.25) is 0 Å². The number of rotatable bonds is 3. The summed E-state index contributed by atoms with van der Waals surface area (Å²) in [6, 6.07) is 12.3. The monoisotopic (exact) mass is 345 g/mol. The van der Waals surface area contributed by atoms with Gasteiger partial charge >= 0.3 is 0 Å². The minimum absolute atomic E-state index is 0.000152. The number of hydrogen-bond acceptors (Lipinski definition) is 2. The van der Waals surface area contributed by atoms with Crippen molar-refractivity contribution in [1.82, 2.24) is 4.09 Å². The van der Waals surface area contributed by atoms with Crippen molar-refractivity contribution in [3.63, 3.8) is 0 Å². The van der Waals surface area contributed by atoms with E-state index in [4.69, 9.17) is 45.7 Å². The molecule has 0 aliphatic carbocycles. The number of amidine groups is 2. The van der Waals surface area contributed by atoms with E-state index in [9.17, 15) is 0 Å². The molecule has 0 saturated carbocycles. The van der Waals surface area contributed by atoms with E-state index in [2.05, 4.69) is 0 Å². The molecule has 0 aliphatic rings. The first kappa shape index (κ1) is 15.4. The van der Waals surface area contributed by atoms with Gasteiger partial charge < -0.3 is 11.5 Å². The second-order valence-electron chi connectivity index (χ2n) is 5.08. The summed E-state index contributed by atoms with van der Waals surface area (Å²) < 4.78 is 1.45. The summed E-state index contributed by atoms with van der Waals surface area (Å²) in [5.74, 6) is -0.0339. The molecule has 0 spiro atoms. The van der Waals surface area contributed by atoms with Gasteiger partial charge in [0.05, 0.1) is 16.2 Å². The Morgan fingerprint density at radius 3 is 2.04 bits per heavy atom. The van der Waals surface area contributed by atoms with Crippen molar-refractivity contribution in [3.8, 4) is 11.3 Å². The highest BCUT2D eigenvalue weighted by Gasteiger charge is 2.17. The number of fused-ring (bicyclic) bond motifs is 1. The van der Waals surface area contributed by atoms with Crippen molar-refractivity contribution < 1.29 is 0 Å². The number of hydrogen-bond donors (Lipinski definition) is 4. The fourth-order valence-corrected chi connectivity index (χ4v) is 3.15. The summed E-state index contributed by atoms with van der Waals surface area (Å²) >= 11 is 12.9. The van der Waals surface area contributed by atoms with Gasteiger partial charge in [0, 0.05) is 33.9 Å². The predicted molar refractivity (Wildman–Crippen MR) is 95.7 cm³/mol. The van der Waals surface area contributed by atoms with E-state index in [0.717, 1.165) is 10.9 Å². The number of aromatic nitrogens is 1. The number of nitrogen functional groups attached to an aromatic ring is 2. The maximum Gasteiger partial charge on any atom is 0.122 e. The highest BCUT2D eigenvalue weighted by atomic mass is 35.5. The van der Waals surface area contributed by atoms with Gasteiger partial charge in [-0.1, -0.05) is 48.0 Å². The van der Waals surface area contributed by atoms with Crippen LogP contribution in [-0.2, 0) is 0 Å². The van der Waals surface area contributed by atoms with Crippen molar-refractivity contribution >= 4 is 46.0 Å². The van der Waals surface area contributed by atoms with Gasteiger partial charge in [0.1, 0.15) is 11.7 Å². The number of nitrogens with zero attached hydrogens (tertiary/aromatic N) is 1. The topological polar surface area (TPSA) is 105 Å². The molecule has 0 bridgehead atoms. The lowest BCUT2D eigenvalue weighted by Crippen LogP contribution is -2.10. The van der Waals surface area contributed by atoms with Crippen LogP contribution in [0, 0.1) is 10.8 Å². The summed E-state index contributed by atoms with van der Waals surface area (Å²) in [6.45, 7) is 0. The van der Waals surface area contributed by atoms with Crippen LogP contribution in [0.5, 0.6) is 0 Å². The summed E-state index contributed by atoms with van der Waals surface area (Å²) in [6.07, 6.45) is 0. The predicted octanol–water partition coefficient (Wildman–Crippen LogP) is 3.53. The first-order valence-electron chi connectivity index (χ1n) is 6.69. The number of nitrogens with one attached hydrogen (secondary N) is 2. The molecule has 0 atom stereocenters. The van der Waals surface area contributed by atoms with Crippen LogP contribution in [0.3, 0.4) is 0 Å². The van der Waals surface area contributed by atoms with Crippen molar-refractivity contribution in [2.45, 2.75) is 0 Å². The van der Waals surface area contributed by atoms with Crippen LogP contribution in [0.4, 0.5) is 0 Å². The lowest BCUT2D eigenvalue weighted by Gasteiger charge is -2.05. The molecule has 0 aliphatic heterocycles. The fourth-order valence-electron chi connectivity index (χ4n) is 2.43. The molecule has 0 fully saturated rings. The zero-order valence-corrected chi connectivity index (χ0v) is 13.4. The molecule has 0 unspecified atom stereocenters. The minimum atomic E-state index is -0.0340. The molecule has 0 saturated heterocycles. The van der Waals surface area contributed by atoms with Crippen LogP contribution in [0.25, 0.3) is 22.2 Å². The Morgan fingerprint density at radius 1 is 0.913 bits per heavy atom. The smallest absolute Gasteiger partial charge is 0.122 e. The van der Waals surface area contributed by atoms with E-state index >= 15 is 0 Å². The van der Waals surface area contributed by atoms with Crippen molar-refractivity contribution in [3.05, 3.63) is 58.6 Å². The lowest BCUT2D eigenvalue weighted by molar-refractivity contribution is 1.32. The normalized spacial score (nSPS) is 10.9. The van der Waals surface area contributed by atoms with Gasteiger partial charge in [-0.05, 0) is 6.07 Å². The van der Waals surface area contributed by atoms with Crippen LogP contribution >= 0.6 is 23.4 Å². The standard InChI is InChI=1S/C16H13Cl2N5/c17-13-11-6-5-10(16(21)22)7-12(11)23(18)14(13)8-1-3-9(4-2-8)15(19)20/h1-7H,(H3,19,20)(H3,21,22). The Kier molecular flexibility index (Phi) is 3.75. The van der Waals surface area contributed by atoms with E-state index in [1.54, 1.807) is 30.3 Å². The highest BCUT2D eigenvalue weighted by molar-refractivity contribution is 6.40. The molecule has 0 amide bonds. The van der Waals surface area contributed by atoms with Gasteiger partial charge in [-0.25, -0.2) is 0 Å². The molecule has 5 nitrogen and oxygen atoms in total. The number of benzene rings is 2. The zero-order valence-electron chi connectivity index (χ0n) is 11.9. The van der Waals surface area contributed by atoms with Gasteiger partial charge in [-0.2, -0.15) is 0 Å². The van der Waals surface area contributed by atoms with Crippen LogP contribution in [0.2, 0.25) is 5.02 Å². The average Bonchev–Trinajstić information content (AvgIpc) is 2.78. The second-order valence-corrected chi connectivity index (χ2v) is 5.80. The second kappa shape index (κ2) is 5.61. The Morgan fingerprint density at radius 2 is 1.48 bits per heavy atom. The van der Waals surface area contributed by atoms with Crippen molar-refractivity contribution in [2.24, 2.45) is 11.5 Å². The molecule has 116 valence electrons. The summed E-state index contributed by atoms with van der Waals surface area (Å²) in [7, 11) is 0. The maximum atomic E-state index is 7.53. The first-order chi connectivity index (χ1) is 10.9. The third-order valence-corrected chi connectivity index (χ3v) is 4.36. The molecular formula is C16H13Cl2N5. The van der Waals surface area contributed by atoms with Crippen molar-refractivity contribution in [1.29, 1.82) is 10.8 Å². The Bertz CT molecular complexity index is 941. The minimum Gasteiger partial charge on any atom is -0.384 e. The van der Waals surface area contributed by atoms with Crippen molar-refractivity contribution in [2.75, 3.05) is 0 Å². The molecular weight excluding hydrogens is 333 g/mol. The maximum absolute atomic E-state index is 7.53. The third kappa shape index (κ3) is 2.54. The first-order valence-corrected chi connectivity index (χ1v) is 7.41. The van der Waals surface area contributed by atoms with E-state index in [1.807, 2.05) is 12.1 Å². The summed E-state index contributed by atoms with van der Waals surface area (Å²) in [5, 5.41) is 16.3. The van der Waals surface area contributed by atoms with E-state index < -0.39 is 0 Å². The highest BCUT2D eigenvalue weighted by Crippen LogP contribution is 2.38. The van der Waals surface area contributed by atoms with Gasteiger partial charge in [-0.3, -0.25) is 14.9 Å². The van der Waals surface area contributed by atoms with Crippen LogP contribution in [-0.4, -0.2) is 15.8 Å². The van der Waals surface area contributed by atoms with Gasteiger partial charge in [0.15, 0.2) is 0 Å². The Labute approximate surface area is 142 Å². The molecule has 2 aromatic carbocycles. The molecule has 3 rings (SSSR count). The Balaban J connectivity index is 2.21. The molecule has 3 aromatic rings. The number of halogens is 2. The molecule has 7 heteroatoms. The van der Waals surface area contributed by atoms with E-state index in [-0.39, 0.29) is 11.7 Å². The third-order valence-electron chi connectivity index (χ3n) is 3.63. The van der Waals surface area contributed by atoms with E-state index in [1.165, 1.54) is 4.09 Å². The molecule has 1 heterocycles. The van der Waals surface area contributed by atoms with Crippen LogP contribution in [0.15, 0.2) is 42.5 Å². The van der Waals surface area contributed by atoms with Crippen LogP contribution in [0.1, 0.15) is 11.1 Å². The summed E-state index contributed by atoms with van der Waals surface area (Å²) in [5.41, 5.74) is 14.3. The lowest BCUT2D eigenvalue weighted by atomic mass is 10.1.